The minimum absolute atomic E-state index is 0.302. The lowest BCUT2D eigenvalue weighted by atomic mass is 10.2. The number of allylic oxidation sites excluding steroid dienone is 1. The normalized spacial score (nSPS) is 10.9. The highest BCUT2D eigenvalue weighted by molar-refractivity contribution is 5.94. The van der Waals surface area contributed by atoms with Gasteiger partial charge in [-0.25, -0.2) is 0 Å². The first-order chi connectivity index (χ1) is 15.2. The molecule has 0 unspecified atom stereocenters. The number of benzene rings is 2. The molecule has 31 heavy (non-hydrogen) atoms. The molecule has 2 aromatic heterocycles. The molecule has 2 aromatic carbocycles. The highest BCUT2D eigenvalue weighted by Gasteiger charge is 2.16. The number of carbonyl (C=O) groups is 1. The maximum atomic E-state index is 12.9. The second-order valence-corrected chi connectivity index (χ2v) is 6.70. The number of hydrogen-bond acceptors (Lipinski definition) is 6. The molecule has 0 aliphatic heterocycles. The molecule has 4 rings (SSSR count). The van der Waals surface area contributed by atoms with Gasteiger partial charge in [-0.15, -0.1) is 5.10 Å². The number of rotatable bonds is 7. The van der Waals surface area contributed by atoms with Gasteiger partial charge in [0.05, 0.1) is 7.11 Å². The van der Waals surface area contributed by atoms with Gasteiger partial charge in [-0.05, 0) is 41.5 Å². The van der Waals surface area contributed by atoms with Crippen molar-refractivity contribution in [2.75, 3.05) is 12.4 Å². The molecule has 0 fully saturated rings. The molecule has 0 aliphatic carbocycles. The molecule has 0 radical (unpaired) electrons. The highest BCUT2D eigenvalue weighted by Crippen LogP contribution is 2.18. The average molecular weight is 411 g/mol. The number of hydrogen-bond donors (Lipinski definition) is 1. The molecule has 0 aliphatic rings. The van der Waals surface area contributed by atoms with Crippen molar-refractivity contribution >= 4 is 17.9 Å². The molecule has 4 aromatic rings. The van der Waals surface area contributed by atoms with E-state index in [2.05, 4.69) is 20.4 Å². The van der Waals surface area contributed by atoms with Crippen molar-refractivity contribution in [1.82, 2.24) is 19.7 Å². The van der Waals surface area contributed by atoms with E-state index in [4.69, 9.17) is 4.74 Å². The van der Waals surface area contributed by atoms with Crippen LogP contribution in [0.25, 0.3) is 17.5 Å². The molecule has 7 nitrogen and oxygen atoms in total. The number of pyridine rings is 1. The van der Waals surface area contributed by atoms with Crippen molar-refractivity contribution in [2.45, 2.75) is 6.54 Å². The Bertz CT molecular complexity index is 1170. The Balaban J connectivity index is 1.59. The Labute approximate surface area is 180 Å². The number of aromatic nitrogens is 4. The zero-order valence-corrected chi connectivity index (χ0v) is 17.0. The van der Waals surface area contributed by atoms with Crippen LogP contribution in [0, 0.1) is 0 Å². The number of nitrogens with zero attached hydrogens (tertiary/aromatic N) is 4. The molecule has 0 atom stereocenters. The van der Waals surface area contributed by atoms with Crippen LogP contribution < -0.4 is 10.1 Å². The Morgan fingerprint density at radius 1 is 1.06 bits per heavy atom. The van der Waals surface area contributed by atoms with Gasteiger partial charge in [-0.1, -0.05) is 42.5 Å². The number of anilines is 1. The van der Waals surface area contributed by atoms with Crippen molar-refractivity contribution in [3.8, 4) is 17.1 Å². The summed E-state index contributed by atoms with van der Waals surface area (Å²) in [6, 6.07) is 20.9. The molecule has 0 spiro atoms. The van der Waals surface area contributed by atoms with Crippen LogP contribution >= 0.6 is 0 Å². The summed E-state index contributed by atoms with van der Waals surface area (Å²) in [5, 5.41) is 7.62. The molecule has 0 amide bonds. The standard InChI is InChI=1S/C24H21N5O2/c1-31-21-12-9-19(10-13-21)16-26-24-27-23(20-8-5-15-25-17-20)28-29(24)22(30)14-11-18-6-3-2-4-7-18/h2-15,17H,16H2,1H3,(H,26,27,28). The average Bonchev–Trinajstić information content (AvgIpc) is 3.27. The smallest absolute Gasteiger partial charge is 0.274 e. The van der Waals surface area contributed by atoms with Crippen LogP contribution in [0.4, 0.5) is 5.95 Å². The molecule has 0 saturated heterocycles. The predicted octanol–water partition coefficient (Wildman–Crippen LogP) is 4.31. The highest BCUT2D eigenvalue weighted by atomic mass is 16.5. The summed E-state index contributed by atoms with van der Waals surface area (Å²) in [4.78, 5) is 21.5. The van der Waals surface area contributed by atoms with Crippen LogP contribution in [0.3, 0.4) is 0 Å². The van der Waals surface area contributed by atoms with Crippen molar-refractivity contribution in [3.05, 3.63) is 96.3 Å². The van der Waals surface area contributed by atoms with E-state index in [1.807, 2.05) is 60.7 Å². The minimum atomic E-state index is -0.302. The first-order valence-electron chi connectivity index (χ1n) is 9.74. The lowest BCUT2D eigenvalue weighted by Crippen LogP contribution is -2.14. The van der Waals surface area contributed by atoms with Crippen LogP contribution in [0.2, 0.25) is 0 Å². The van der Waals surface area contributed by atoms with E-state index >= 15 is 0 Å². The second kappa shape index (κ2) is 9.49. The Morgan fingerprint density at radius 3 is 2.58 bits per heavy atom. The van der Waals surface area contributed by atoms with Crippen LogP contribution in [0.15, 0.2) is 85.2 Å². The van der Waals surface area contributed by atoms with Gasteiger partial charge in [0.1, 0.15) is 5.75 Å². The van der Waals surface area contributed by atoms with E-state index < -0.39 is 0 Å². The number of ether oxygens (including phenoxy) is 1. The fraction of sp³-hybridized carbons (Fsp3) is 0.0833. The first-order valence-corrected chi connectivity index (χ1v) is 9.74. The molecule has 0 saturated carbocycles. The summed E-state index contributed by atoms with van der Waals surface area (Å²) in [7, 11) is 1.63. The molecule has 1 N–H and O–H groups in total. The van der Waals surface area contributed by atoms with Crippen LogP contribution in [-0.4, -0.2) is 32.8 Å². The summed E-state index contributed by atoms with van der Waals surface area (Å²) >= 11 is 0. The van der Waals surface area contributed by atoms with E-state index in [1.165, 1.54) is 10.8 Å². The lowest BCUT2D eigenvalue weighted by molar-refractivity contribution is 0.0957. The van der Waals surface area contributed by atoms with Crippen molar-refractivity contribution in [3.63, 3.8) is 0 Å². The first kappa shape index (κ1) is 20.0. The number of carbonyl (C=O) groups excluding carboxylic acids is 1. The van der Waals surface area contributed by atoms with Gasteiger partial charge < -0.3 is 10.1 Å². The third-order valence-corrected chi connectivity index (χ3v) is 4.56. The lowest BCUT2D eigenvalue weighted by Gasteiger charge is -2.07. The van der Waals surface area contributed by atoms with Crippen molar-refractivity contribution in [1.29, 1.82) is 0 Å². The zero-order chi connectivity index (χ0) is 21.5. The molecular formula is C24H21N5O2. The third kappa shape index (κ3) is 5.02. The van der Waals surface area contributed by atoms with E-state index in [0.717, 1.165) is 22.4 Å². The van der Waals surface area contributed by atoms with Crippen molar-refractivity contribution < 1.29 is 9.53 Å². The van der Waals surface area contributed by atoms with Gasteiger partial charge in [0, 0.05) is 30.6 Å². The van der Waals surface area contributed by atoms with Gasteiger partial charge in [0.15, 0.2) is 5.82 Å². The number of nitrogens with one attached hydrogen (secondary N) is 1. The SMILES string of the molecule is COc1ccc(CNc2nc(-c3cccnc3)nn2C(=O)C=Cc2ccccc2)cc1. The van der Waals surface area contributed by atoms with Crippen molar-refractivity contribution in [2.24, 2.45) is 0 Å². The fourth-order valence-electron chi connectivity index (χ4n) is 2.92. The molecule has 7 heteroatoms. The summed E-state index contributed by atoms with van der Waals surface area (Å²) in [5.74, 6) is 1.26. The zero-order valence-electron chi connectivity index (χ0n) is 17.0. The monoisotopic (exact) mass is 411 g/mol. The fourth-order valence-corrected chi connectivity index (χ4v) is 2.92. The third-order valence-electron chi connectivity index (χ3n) is 4.56. The van der Waals surface area contributed by atoms with Gasteiger partial charge in [-0.3, -0.25) is 9.78 Å². The summed E-state index contributed by atoms with van der Waals surface area (Å²) < 4.78 is 6.46. The second-order valence-electron chi connectivity index (χ2n) is 6.70. The topological polar surface area (TPSA) is 81.9 Å². The van der Waals surface area contributed by atoms with Gasteiger partial charge >= 0.3 is 0 Å². The molecule has 154 valence electrons. The summed E-state index contributed by atoms with van der Waals surface area (Å²) in [6.07, 6.45) is 6.57. The molecule has 2 heterocycles. The Kier molecular flexibility index (Phi) is 6.13. The molecule has 0 bridgehead atoms. The van der Waals surface area contributed by atoms with E-state index in [0.29, 0.717) is 18.3 Å². The molecular weight excluding hydrogens is 390 g/mol. The van der Waals surface area contributed by atoms with E-state index in [-0.39, 0.29) is 5.91 Å². The maximum absolute atomic E-state index is 12.9. The number of methoxy groups -OCH3 is 1. The van der Waals surface area contributed by atoms with Crippen LogP contribution in [-0.2, 0) is 6.54 Å². The van der Waals surface area contributed by atoms with Gasteiger partial charge in [0.25, 0.3) is 5.91 Å². The van der Waals surface area contributed by atoms with Gasteiger partial charge in [0.2, 0.25) is 5.95 Å². The van der Waals surface area contributed by atoms with Crippen LogP contribution in [0.1, 0.15) is 15.9 Å². The Hall–Kier alpha value is -4.26. The van der Waals surface area contributed by atoms with Gasteiger partial charge in [-0.2, -0.15) is 9.67 Å². The van der Waals surface area contributed by atoms with E-state index in [1.54, 1.807) is 31.6 Å². The maximum Gasteiger partial charge on any atom is 0.274 e. The predicted molar refractivity (Wildman–Crippen MR) is 120 cm³/mol. The Morgan fingerprint density at radius 2 is 1.87 bits per heavy atom. The minimum Gasteiger partial charge on any atom is -0.497 e. The van der Waals surface area contributed by atoms with Crippen LogP contribution in [0.5, 0.6) is 5.75 Å². The summed E-state index contributed by atoms with van der Waals surface area (Å²) in [6.45, 7) is 0.477. The van der Waals surface area contributed by atoms with E-state index in [9.17, 15) is 4.79 Å². The summed E-state index contributed by atoms with van der Waals surface area (Å²) in [5.41, 5.74) is 2.68. The quantitative estimate of drug-likeness (QED) is 0.456. The largest absolute Gasteiger partial charge is 0.497 e.